The molecule has 23 heavy (non-hydrogen) atoms. The topological polar surface area (TPSA) is 83.6 Å². The number of nitrogens with zero attached hydrogens (tertiary/aromatic N) is 3. The Kier molecular flexibility index (Phi) is 4.37. The lowest BCUT2D eigenvalue weighted by molar-refractivity contribution is 0.627. The fourth-order valence-corrected chi connectivity index (χ4v) is 2.08. The van der Waals surface area contributed by atoms with Crippen molar-refractivity contribution in [1.29, 1.82) is 0 Å². The number of hydrogen-bond acceptors (Lipinski definition) is 5. The zero-order chi connectivity index (χ0) is 16.1. The molecule has 2 N–H and O–H groups in total. The van der Waals surface area contributed by atoms with E-state index in [2.05, 4.69) is 25.3 Å². The van der Waals surface area contributed by atoms with Gasteiger partial charge in [0.15, 0.2) is 0 Å². The third-order valence-corrected chi connectivity index (χ3v) is 3.21. The summed E-state index contributed by atoms with van der Waals surface area (Å²) < 4.78 is 12.8. The molecule has 0 spiro atoms. The van der Waals surface area contributed by atoms with E-state index in [1.165, 1.54) is 12.1 Å². The molecule has 0 bridgehead atoms. The maximum Gasteiger partial charge on any atom is 0.349 e. The highest BCUT2D eigenvalue weighted by Crippen LogP contribution is 2.12. The first-order valence-electron chi connectivity index (χ1n) is 7.08. The van der Waals surface area contributed by atoms with Crippen LogP contribution in [0.3, 0.4) is 0 Å². The van der Waals surface area contributed by atoms with Crippen molar-refractivity contribution < 1.29 is 4.39 Å². The van der Waals surface area contributed by atoms with Crippen LogP contribution in [0.5, 0.6) is 0 Å². The summed E-state index contributed by atoms with van der Waals surface area (Å²) >= 11 is 0. The monoisotopic (exact) mass is 311 g/mol. The van der Waals surface area contributed by atoms with Crippen molar-refractivity contribution in [1.82, 2.24) is 19.9 Å². The summed E-state index contributed by atoms with van der Waals surface area (Å²) in [7, 11) is 0. The lowest BCUT2D eigenvalue weighted by Gasteiger charge is -2.06. The van der Waals surface area contributed by atoms with Crippen molar-refractivity contribution in [2.45, 2.75) is 6.42 Å². The normalized spacial score (nSPS) is 10.5. The first-order valence-corrected chi connectivity index (χ1v) is 7.08. The van der Waals surface area contributed by atoms with Gasteiger partial charge in [0.2, 0.25) is 5.95 Å². The second-order valence-corrected chi connectivity index (χ2v) is 4.87. The number of pyridine rings is 1. The van der Waals surface area contributed by atoms with Gasteiger partial charge < -0.3 is 5.32 Å². The molecular weight excluding hydrogens is 297 g/mol. The van der Waals surface area contributed by atoms with Crippen LogP contribution in [0.4, 0.5) is 10.3 Å². The summed E-state index contributed by atoms with van der Waals surface area (Å²) in [5.74, 6) is 0.418. The Morgan fingerprint density at radius 3 is 2.52 bits per heavy atom. The number of aromatic amines is 1. The molecule has 0 radical (unpaired) electrons. The summed E-state index contributed by atoms with van der Waals surface area (Å²) in [6.07, 6.45) is 3.91. The van der Waals surface area contributed by atoms with Gasteiger partial charge in [0.05, 0.1) is 0 Å². The first kappa shape index (κ1) is 14.8. The van der Waals surface area contributed by atoms with Crippen LogP contribution in [-0.4, -0.2) is 26.5 Å². The van der Waals surface area contributed by atoms with Crippen LogP contribution in [0.1, 0.15) is 5.56 Å². The molecular formula is C16H14FN5O. The van der Waals surface area contributed by atoms with E-state index in [1.807, 2.05) is 0 Å². The Labute approximate surface area is 131 Å². The number of hydrogen-bond donors (Lipinski definition) is 2. The van der Waals surface area contributed by atoms with Crippen molar-refractivity contribution in [2.75, 3.05) is 11.9 Å². The molecule has 0 saturated carbocycles. The summed E-state index contributed by atoms with van der Waals surface area (Å²) in [5, 5.41) is 3.01. The lowest BCUT2D eigenvalue weighted by Crippen LogP contribution is -2.18. The average molecular weight is 311 g/mol. The Bertz CT molecular complexity index is 833. The zero-order valence-electron chi connectivity index (χ0n) is 12.2. The van der Waals surface area contributed by atoms with Gasteiger partial charge in [0.1, 0.15) is 11.6 Å². The molecule has 7 heteroatoms. The molecule has 0 aliphatic heterocycles. The van der Waals surface area contributed by atoms with E-state index in [4.69, 9.17) is 0 Å². The van der Waals surface area contributed by atoms with Crippen molar-refractivity contribution >= 4 is 5.95 Å². The van der Waals surface area contributed by atoms with E-state index < -0.39 is 5.69 Å². The van der Waals surface area contributed by atoms with Crippen LogP contribution in [0, 0.1) is 5.82 Å². The molecule has 0 fully saturated rings. The Morgan fingerprint density at radius 1 is 1.04 bits per heavy atom. The highest BCUT2D eigenvalue weighted by Gasteiger charge is 2.05. The average Bonchev–Trinajstić information content (AvgIpc) is 2.57. The minimum Gasteiger partial charge on any atom is -0.354 e. The van der Waals surface area contributed by atoms with Gasteiger partial charge in [-0.05, 0) is 36.2 Å². The van der Waals surface area contributed by atoms with Crippen LogP contribution >= 0.6 is 0 Å². The standard InChI is InChI=1S/C16H14FN5O/c17-13-3-1-11(2-4-13)5-10-19-15-20-14(21-16(23)22-15)12-6-8-18-9-7-12/h1-4,6-9H,5,10H2,(H2,19,20,21,22,23). The maximum absolute atomic E-state index is 12.8. The van der Waals surface area contributed by atoms with Gasteiger partial charge >= 0.3 is 5.69 Å². The molecule has 2 aromatic heterocycles. The third-order valence-electron chi connectivity index (χ3n) is 3.21. The summed E-state index contributed by atoms with van der Waals surface area (Å²) in [6, 6.07) is 9.78. The van der Waals surface area contributed by atoms with E-state index in [9.17, 15) is 9.18 Å². The molecule has 3 rings (SSSR count). The largest absolute Gasteiger partial charge is 0.354 e. The molecule has 0 aliphatic rings. The van der Waals surface area contributed by atoms with Crippen molar-refractivity contribution in [2.24, 2.45) is 0 Å². The Balaban J connectivity index is 1.69. The summed E-state index contributed by atoms with van der Waals surface area (Å²) in [6.45, 7) is 0.533. The molecule has 0 atom stereocenters. The van der Waals surface area contributed by atoms with Crippen LogP contribution in [-0.2, 0) is 6.42 Å². The Hall–Kier alpha value is -3.09. The third kappa shape index (κ3) is 3.97. The minimum atomic E-state index is -0.476. The summed E-state index contributed by atoms with van der Waals surface area (Å²) in [5.41, 5.74) is 1.26. The van der Waals surface area contributed by atoms with E-state index in [1.54, 1.807) is 36.7 Å². The van der Waals surface area contributed by atoms with Crippen LogP contribution in [0.25, 0.3) is 11.4 Å². The molecule has 1 aromatic carbocycles. The maximum atomic E-state index is 12.8. The highest BCUT2D eigenvalue weighted by atomic mass is 19.1. The number of nitrogens with one attached hydrogen (secondary N) is 2. The van der Waals surface area contributed by atoms with Gasteiger partial charge in [0, 0.05) is 24.5 Å². The Morgan fingerprint density at radius 2 is 1.78 bits per heavy atom. The van der Waals surface area contributed by atoms with Gasteiger partial charge in [0.25, 0.3) is 0 Å². The minimum absolute atomic E-state index is 0.252. The molecule has 116 valence electrons. The number of anilines is 1. The quantitative estimate of drug-likeness (QED) is 0.753. The molecule has 0 amide bonds. The number of benzene rings is 1. The second kappa shape index (κ2) is 6.78. The lowest BCUT2D eigenvalue weighted by atomic mass is 10.1. The molecule has 0 unspecified atom stereocenters. The zero-order valence-corrected chi connectivity index (χ0v) is 12.2. The predicted octanol–water partition coefficient (Wildman–Crippen LogP) is 2.02. The van der Waals surface area contributed by atoms with E-state index in [0.29, 0.717) is 18.8 Å². The van der Waals surface area contributed by atoms with Crippen LogP contribution in [0.15, 0.2) is 53.6 Å². The van der Waals surface area contributed by atoms with Gasteiger partial charge in [-0.25, -0.2) is 9.18 Å². The number of rotatable bonds is 5. The van der Waals surface area contributed by atoms with E-state index >= 15 is 0 Å². The second-order valence-electron chi connectivity index (χ2n) is 4.87. The fourth-order valence-electron chi connectivity index (χ4n) is 2.08. The fraction of sp³-hybridized carbons (Fsp3) is 0.125. The molecule has 0 aliphatic carbocycles. The number of H-pyrrole nitrogens is 1. The van der Waals surface area contributed by atoms with Gasteiger partial charge in [-0.15, -0.1) is 0 Å². The summed E-state index contributed by atoms with van der Waals surface area (Å²) in [4.78, 5) is 26.2. The van der Waals surface area contributed by atoms with Gasteiger partial charge in [-0.1, -0.05) is 12.1 Å². The molecule has 6 nitrogen and oxygen atoms in total. The predicted molar refractivity (Wildman–Crippen MR) is 84.5 cm³/mol. The SMILES string of the molecule is O=c1nc(NCCc2ccc(F)cc2)nc(-c2ccncc2)[nH]1. The molecule has 3 aromatic rings. The van der Waals surface area contributed by atoms with Crippen molar-refractivity contribution in [3.63, 3.8) is 0 Å². The van der Waals surface area contributed by atoms with Crippen LogP contribution < -0.4 is 11.0 Å². The molecule has 2 heterocycles. The van der Waals surface area contributed by atoms with Gasteiger partial charge in [-0.2, -0.15) is 9.97 Å². The van der Waals surface area contributed by atoms with Crippen LogP contribution in [0.2, 0.25) is 0 Å². The van der Waals surface area contributed by atoms with E-state index in [-0.39, 0.29) is 11.8 Å². The number of halogens is 1. The smallest absolute Gasteiger partial charge is 0.349 e. The van der Waals surface area contributed by atoms with Crippen molar-refractivity contribution in [3.05, 3.63) is 70.7 Å². The van der Waals surface area contributed by atoms with Crippen molar-refractivity contribution in [3.8, 4) is 11.4 Å². The first-order chi connectivity index (χ1) is 11.2. The van der Waals surface area contributed by atoms with Gasteiger partial charge in [-0.3, -0.25) is 9.97 Å². The van der Waals surface area contributed by atoms with E-state index in [0.717, 1.165) is 11.1 Å². The highest BCUT2D eigenvalue weighted by molar-refractivity contribution is 5.54. The number of aromatic nitrogens is 4. The molecule has 0 saturated heterocycles.